The molecule has 1 saturated heterocycles. The Labute approximate surface area is 201 Å². The summed E-state index contributed by atoms with van der Waals surface area (Å²) in [6.45, 7) is 1.16. The lowest BCUT2D eigenvalue weighted by atomic mass is 9.80. The van der Waals surface area contributed by atoms with Crippen LogP contribution >= 0.6 is 0 Å². The smallest absolute Gasteiger partial charge is 0.349 e. The summed E-state index contributed by atoms with van der Waals surface area (Å²) < 4.78 is 40.0. The van der Waals surface area contributed by atoms with Gasteiger partial charge in [0.2, 0.25) is 5.91 Å². The molecule has 2 aliphatic rings. The van der Waals surface area contributed by atoms with Crippen molar-refractivity contribution in [3.63, 3.8) is 0 Å². The number of aryl methyl sites for hydroxylation is 1. The Morgan fingerprint density at radius 2 is 1.77 bits per heavy atom. The Balaban J connectivity index is 1.17. The number of amides is 2. The highest BCUT2D eigenvalue weighted by Crippen LogP contribution is 2.35. The molecule has 2 amide bonds. The number of hydrogen-bond acceptors (Lipinski definition) is 4. The van der Waals surface area contributed by atoms with E-state index in [9.17, 15) is 27.6 Å². The number of aromatic nitrogens is 1. The van der Waals surface area contributed by atoms with Crippen LogP contribution in [0, 0.1) is 0 Å². The van der Waals surface area contributed by atoms with E-state index in [1.165, 1.54) is 6.07 Å². The first-order chi connectivity index (χ1) is 16.6. The number of carbonyl (C=O) groups excluding carboxylic acids is 2. The van der Waals surface area contributed by atoms with E-state index in [2.05, 4.69) is 15.5 Å². The molecule has 1 saturated carbocycles. The highest BCUT2D eigenvalue weighted by Gasteiger charge is 2.35. The van der Waals surface area contributed by atoms with Crippen LogP contribution < -0.4 is 16.2 Å². The number of pyridine rings is 1. The van der Waals surface area contributed by atoms with Gasteiger partial charge < -0.3 is 15.2 Å². The predicted molar refractivity (Wildman–Crippen MR) is 124 cm³/mol. The third-order valence-electron chi connectivity index (χ3n) is 6.95. The second-order valence-electron chi connectivity index (χ2n) is 9.39. The first kappa shape index (κ1) is 25.0. The van der Waals surface area contributed by atoms with Crippen LogP contribution in [0.25, 0.3) is 0 Å². The lowest BCUT2D eigenvalue weighted by molar-refractivity contribution is -0.137. The number of nitrogens with zero attached hydrogens (tertiary/aromatic N) is 2. The van der Waals surface area contributed by atoms with E-state index in [-0.39, 0.29) is 29.6 Å². The number of halogens is 3. The first-order valence-electron chi connectivity index (χ1n) is 11.8. The summed E-state index contributed by atoms with van der Waals surface area (Å²) in [5.41, 5.74) is 0.0598. The molecule has 188 valence electrons. The summed E-state index contributed by atoms with van der Waals surface area (Å²) in [6, 6.07) is 8.28. The van der Waals surface area contributed by atoms with Gasteiger partial charge in [-0.1, -0.05) is 6.07 Å². The van der Waals surface area contributed by atoms with Gasteiger partial charge in [0.05, 0.1) is 18.2 Å². The number of carbonyl (C=O) groups is 2. The van der Waals surface area contributed by atoms with Crippen molar-refractivity contribution in [2.45, 2.75) is 49.9 Å². The van der Waals surface area contributed by atoms with Crippen molar-refractivity contribution in [2.75, 3.05) is 19.6 Å². The molecule has 1 aliphatic carbocycles. The maximum Gasteiger partial charge on any atom is 0.416 e. The molecule has 10 heteroatoms. The minimum absolute atomic E-state index is 0.0111. The molecule has 1 aromatic carbocycles. The first-order valence-corrected chi connectivity index (χ1v) is 11.8. The zero-order valence-electron chi connectivity index (χ0n) is 19.5. The second kappa shape index (κ2) is 10.2. The van der Waals surface area contributed by atoms with E-state index in [1.54, 1.807) is 17.7 Å². The summed E-state index contributed by atoms with van der Waals surface area (Å²) >= 11 is 0. The average Bonchev–Trinajstić information content (AvgIpc) is 2.81. The van der Waals surface area contributed by atoms with Gasteiger partial charge in [0.25, 0.3) is 11.5 Å². The van der Waals surface area contributed by atoms with Crippen LogP contribution in [0.4, 0.5) is 13.2 Å². The van der Waals surface area contributed by atoms with Crippen molar-refractivity contribution in [3.05, 3.63) is 69.6 Å². The maximum absolute atomic E-state index is 12.8. The second-order valence-corrected chi connectivity index (χ2v) is 9.39. The van der Waals surface area contributed by atoms with E-state index < -0.39 is 17.6 Å². The number of hydrogen-bond donors (Lipinski definition) is 2. The zero-order valence-corrected chi connectivity index (χ0v) is 19.5. The van der Waals surface area contributed by atoms with Gasteiger partial charge in [0.15, 0.2) is 0 Å². The van der Waals surface area contributed by atoms with Crippen LogP contribution in [0.3, 0.4) is 0 Å². The molecule has 0 atom stereocenters. The van der Waals surface area contributed by atoms with Crippen molar-refractivity contribution in [2.24, 2.45) is 7.05 Å². The molecule has 35 heavy (non-hydrogen) atoms. The number of rotatable bonds is 6. The van der Waals surface area contributed by atoms with Gasteiger partial charge in [-0.2, -0.15) is 13.2 Å². The van der Waals surface area contributed by atoms with E-state index in [4.69, 9.17) is 0 Å². The van der Waals surface area contributed by atoms with E-state index >= 15 is 0 Å². The lowest BCUT2D eigenvalue weighted by Gasteiger charge is -2.46. The topological polar surface area (TPSA) is 83.4 Å². The Kier molecular flexibility index (Phi) is 7.30. The van der Waals surface area contributed by atoms with E-state index in [1.807, 2.05) is 12.3 Å². The van der Waals surface area contributed by atoms with Gasteiger partial charge in [-0.05, 0) is 61.4 Å². The molecule has 1 aliphatic heterocycles. The van der Waals surface area contributed by atoms with Crippen molar-refractivity contribution >= 4 is 11.8 Å². The third kappa shape index (κ3) is 6.11. The fourth-order valence-corrected chi connectivity index (χ4v) is 4.87. The lowest BCUT2D eigenvalue weighted by Crippen LogP contribution is -2.63. The van der Waals surface area contributed by atoms with E-state index in [0.717, 1.165) is 62.5 Å². The molecule has 4 rings (SSSR count). The molecule has 0 bridgehead atoms. The van der Waals surface area contributed by atoms with Crippen LogP contribution in [0.2, 0.25) is 0 Å². The zero-order chi connectivity index (χ0) is 25.2. The molecule has 1 aromatic heterocycles. The Morgan fingerprint density at radius 3 is 2.43 bits per heavy atom. The standard InChI is InChI=1S/C25H29F3N4O3/c1-31-10-9-17(12-23(31)34)16-5-7-21(8-6-16)32-14-20(15-32)30-22(33)13-29-24(35)18-3-2-4-19(11-18)25(26,27)28/h2-4,9-12,16,20-21H,5-8,13-15H2,1H3,(H,29,35)(H,30,33). The van der Waals surface area contributed by atoms with Gasteiger partial charge in [-0.15, -0.1) is 0 Å². The maximum atomic E-state index is 12.8. The van der Waals surface area contributed by atoms with Crippen LogP contribution in [0.5, 0.6) is 0 Å². The molecular weight excluding hydrogens is 461 g/mol. The van der Waals surface area contributed by atoms with Crippen LogP contribution in [0.15, 0.2) is 47.4 Å². The quantitative estimate of drug-likeness (QED) is 0.652. The van der Waals surface area contributed by atoms with Crippen molar-refractivity contribution in [1.29, 1.82) is 0 Å². The summed E-state index contributed by atoms with van der Waals surface area (Å²) in [4.78, 5) is 38.6. The van der Waals surface area contributed by atoms with Gasteiger partial charge >= 0.3 is 6.18 Å². The molecule has 7 nitrogen and oxygen atoms in total. The van der Waals surface area contributed by atoms with Crippen LogP contribution in [-0.4, -0.2) is 53.0 Å². The van der Waals surface area contributed by atoms with Crippen LogP contribution in [-0.2, 0) is 18.0 Å². The fraction of sp³-hybridized carbons (Fsp3) is 0.480. The average molecular weight is 491 g/mol. The number of benzene rings is 1. The number of likely N-dealkylation sites (tertiary alicyclic amines) is 1. The molecule has 0 spiro atoms. The third-order valence-corrected chi connectivity index (χ3v) is 6.95. The molecule has 0 radical (unpaired) electrons. The number of nitrogens with one attached hydrogen (secondary N) is 2. The monoisotopic (exact) mass is 490 g/mol. The SMILES string of the molecule is Cn1ccc(C2CCC(N3CC(NC(=O)CNC(=O)c4cccc(C(F)(F)F)c4)C3)CC2)cc1=O. The largest absolute Gasteiger partial charge is 0.416 e. The predicted octanol–water partition coefficient (Wildman–Crippen LogP) is 2.66. The van der Waals surface area contributed by atoms with Crippen molar-refractivity contribution in [3.8, 4) is 0 Å². The molecule has 2 fully saturated rings. The fourth-order valence-electron chi connectivity index (χ4n) is 4.87. The minimum Gasteiger partial charge on any atom is -0.349 e. The van der Waals surface area contributed by atoms with Gasteiger partial charge in [-0.25, -0.2) is 0 Å². The summed E-state index contributed by atoms with van der Waals surface area (Å²) in [6.07, 6.45) is 1.39. The Morgan fingerprint density at radius 1 is 1.06 bits per heavy atom. The highest BCUT2D eigenvalue weighted by molar-refractivity contribution is 5.96. The summed E-state index contributed by atoms with van der Waals surface area (Å²) in [5.74, 6) is -0.698. The Hall–Kier alpha value is -3.14. The summed E-state index contributed by atoms with van der Waals surface area (Å²) in [7, 11) is 1.74. The van der Waals surface area contributed by atoms with Gasteiger partial charge in [0, 0.05) is 44.0 Å². The molecular formula is C25H29F3N4O3. The van der Waals surface area contributed by atoms with Crippen molar-refractivity contribution < 1.29 is 22.8 Å². The van der Waals surface area contributed by atoms with Crippen LogP contribution in [0.1, 0.15) is 53.1 Å². The molecule has 2 heterocycles. The normalized spacial score (nSPS) is 21.3. The molecule has 2 aromatic rings. The molecule has 0 unspecified atom stereocenters. The Bertz CT molecular complexity index is 1130. The van der Waals surface area contributed by atoms with Gasteiger partial charge in [-0.3, -0.25) is 19.3 Å². The summed E-state index contributed by atoms with van der Waals surface area (Å²) in [5, 5.41) is 5.24. The highest BCUT2D eigenvalue weighted by atomic mass is 19.4. The van der Waals surface area contributed by atoms with E-state index in [0.29, 0.717) is 12.0 Å². The number of alkyl halides is 3. The molecule has 2 N–H and O–H groups in total. The minimum atomic E-state index is -4.54. The van der Waals surface area contributed by atoms with Crippen molar-refractivity contribution in [1.82, 2.24) is 20.1 Å². The van der Waals surface area contributed by atoms with Gasteiger partial charge in [0.1, 0.15) is 0 Å².